The van der Waals surface area contributed by atoms with Crippen LogP contribution in [-0.2, 0) is 0 Å². The predicted octanol–water partition coefficient (Wildman–Crippen LogP) is 1.71. The van der Waals surface area contributed by atoms with Gasteiger partial charge in [0.2, 0.25) is 0 Å². The molecule has 0 amide bonds. The molecule has 8 heavy (non-hydrogen) atoms. The summed E-state index contributed by atoms with van der Waals surface area (Å²) in [7, 11) is 0. The molecule has 0 atom stereocenters. The zero-order valence-electron chi connectivity index (χ0n) is 4.79. The summed E-state index contributed by atoms with van der Waals surface area (Å²) < 4.78 is 0. The number of hydrogen-bond donors (Lipinski definition) is 1. The van der Waals surface area contributed by atoms with E-state index in [0.717, 1.165) is 5.75 Å². The van der Waals surface area contributed by atoms with E-state index in [9.17, 15) is 0 Å². The SMILES string of the molecule is C=CCS/C(C)=N\O. The van der Waals surface area contributed by atoms with Crippen LogP contribution in [0.2, 0.25) is 0 Å². The largest absolute Gasteiger partial charge is 0.410 e. The molecule has 0 bridgehead atoms. The van der Waals surface area contributed by atoms with Crippen molar-refractivity contribution in [2.45, 2.75) is 6.92 Å². The normalized spacial score (nSPS) is 11.4. The summed E-state index contributed by atoms with van der Waals surface area (Å²) in [6, 6.07) is 0. The van der Waals surface area contributed by atoms with Crippen molar-refractivity contribution in [1.82, 2.24) is 0 Å². The molecule has 0 aliphatic rings. The first-order valence-electron chi connectivity index (χ1n) is 2.23. The molecule has 0 spiro atoms. The van der Waals surface area contributed by atoms with Crippen molar-refractivity contribution in [1.29, 1.82) is 0 Å². The summed E-state index contributed by atoms with van der Waals surface area (Å²) >= 11 is 1.46. The second kappa shape index (κ2) is 4.71. The van der Waals surface area contributed by atoms with Gasteiger partial charge in [0.15, 0.2) is 0 Å². The topological polar surface area (TPSA) is 32.6 Å². The molecule has 0 heterocycles. The van der Waals surface area contributed by atoms with Crippen LogP contribution in [0, 0.1) is 0 Å². The van der Waals surface area contributed by atoms with Gasteiger partial charge in [-0.25, -0.2) is 0 Å². The molecular formula is C5H9NOS. The average molecular weight is 131 g/mol. The molecule has 2 nitrogen and oxygen atoms in total. The van der Waals surface area contributed by atoms with Gasteiger partial charge in [-0.2, -0.15) is 0 Å². The van der Waals surface area contributed by atoms with Crippen molar-refractivity contribution >= 4 is 16.8 Å². The van der Waals surface area contributed by atoms with Crippen LogP contribution in [0.4, 0.5) is 0 Å². The van der Waals surface area contributed by atoms with Gasteiger partial charge in [0, 0.05) is 5.75 Å². The van der Waals surface area contributed by atoms with E-state index < -0.39 is 0 Å². The number of rotatable bonds is 2. The highest BCUT2D eigenvalue weighted by molar-refractivity contribution is 8.13. The van der Waals surface area contributed by atoms with E-state index in [-0.39, 0.29) is 0 Å². The van der Waals surface area contributed by atoms with Crippen LogP contribution in [0.15, 0.2) is 17.8 Å². The lowest BCUT2D eigenvalue weighted by Crippen LogP contribution is -1.82. The van der Waals surface area contributed by atoms with Gasteiger partial charge in [-0.05, 0) is 6.92 Å². The highest BCUT2D eigenvalue weighted by Gasteiger charge is 1.85. The average Bonchev–Trinajstić information content (AvgIpc) is 1.83. The standard InChI is InChI=1S/C5H9NOS/c1-3-4-8-5(2)6-7/h3,7H,1,4H2,2H3/b6-5-. The Balaban J connectivity index is 3.24. The highest BCUT2D eigenvalue weighted by Crippen LogP contribution is 2.01. The molecule has 0 aromatic carbocycles. The van der Waals surface area contributed by atoms with Crippen molar-refractivity contribution in [3.8, 4) is 0 Å². The third-order valence-corrected chi connectivity index (χ3v) is 1.45. The van der Waals surface area contributed by atoms with Crippen LogP contribution in [-0.4, -0.2) is 16.0 Å². The molecule has 0 unspecified atom stereocenters. The minimum Gasteiger partial charge on any atom is -0.410 e. The van der Waals surface area contributed by atoms with E-state index in [1.165, 1.54) is 11.8 Å². The molecule has 0 aliphatic heterocycles. The van der Waals surface area contributed by atoms with Gasteiger partial charge in [-0.1, -0.05) is 11.2 Å². The third-order valence-electron chi connectivity index (χ3n) is 0.551. The molecule has 0 fully saturated rings. The van der Waals surface area contributed by atoms with Crippen molar-refractivity contribution < 1.29 is 5.21 Å². The Kier molecular flexibility index (Phi) is 4.45. The van der Waals surface area contributed by atoms with Crippen molar-refractivity contribution in [2.24, 2.45) is 5.16 Å². The first-order chi connectivity index (χ1) is 3.81. The van der Waals surface area contributed by atoms with Gasteiger partial charge in [-0.15, -0.1) is 18.3 Å². The molecule has 0 radical (unpaired) electrons. The lowest BCUT2D eigenvalue weighted by atomic mass is 10.8. The zero-order valence-corrected chi connectivity index (χ0v) is 5.61. The van der Waals surface area contributed by atoms with E-state index in [1.807, 2.05) is 0 Å². The maximum Gasteiger partial charge on any atom is 0.110 e. The van der Waals surface area contributed by atoms with Crippen LogP contribution in [0.1, 0.15) is 6.92 Å². The van der Waals surface area contributed by atoms with Gasteiger partial charge in [-0.3, -0.25) is 0 Å². The van der Waals surface area contributed by atoms with Crippen molar-refractivity contribution in [2.75, 3.05) is 5.75 Å². The van der Waals surface area contributed by atoms with Gasteiger partial charge in [0.25, 0.3) is 0 Å². The maximum absolute atomic E-state index is 8.09. The molecule has 0 saturated carbocycles. The van der Waals surface area contributed by atoms with Crippen LogP contribution >= 0.6 is 11.8 Å². The highest BCUT2D eigenvalue weighted by atomic mass is 32.2. The summed E-state index contributed by atoms with van der Waals surface area (Å²) in [5.74, 6) is 0.801. The van der Waals surface area contributed by atoms with Gasteiger partial charge in [0.1, 0.15) is 5.04 Å². The maximum atomic E-state index is 8.09. The van der Waals surface area contributed by atoms with Gasteiger partial charge in [0.05, 0.1) is 0 Å². The second-order valence-corrected chi connectivity index (χ2v) is 2.43. The smallest absolute Gasteiger partial charge is 0.110 e. The fourth-order valence-electron chi connectivity index (χ4n) is 0.208. The number of thioether (sulfide) groups is 1. The van der Waals surface area contributed by atoms with Crippen molar-refractivity contribution in [3.05, 3.63) is 12.7 Å². The summed E-state index contributed by atoms with van der Waals surface area (Å²) in [4.78, 5) is 0. The Morgan fingerprint density at radius 1 is 2.00 bits per heavy atom. The van der Waals surface area contributed by atoms with Crippen LogP contribution in [0.3, 0.4) is 0 Å². The van der Waals surface area contributed by atoms with E-state index in [4.69, 9.17) is 5.21 Å². The minimum atomic E-state index is 0.671. The molecule has 46 valence electrons. The molecule has 0 saturated heterocycles. The predicted molar refractivity (Wildman–Crippen MR) is 37.6 cm³/mol. The molecule has 0 aromatic heterocycles. The van der Waals surface area contributed by atoms with Crippen LogP contribution in [0.5, 0.6) is 0 Å². The summed E-state index contributed by atoms with van der Waals surface area (Å²) in [6.45, 7) is 5.25. The van der Waals surface area contributed by atoms with E-state index in [0.29, 0.717) is 5.04 Å². The van der Waals surface area contributed by atoms with Crippen molar-refractivity contribution in [3.63, 3.8) is 0 Å². The Morgan fingerprint density at radius 2 is 2.62 bits per heavy atom. The lowest BCUT2D eigenvalue weighted by Gasteiger charge is -1.89. The molecule has 1 N–H and O–H groups in total. The second-order valence-electron chi connectivity index (χ2n) is 1.22. The zero-order chi connectivity index (χ0) is 6.41. The monoisotopic (exact) mass is 131 g/mol. The Labute approximate surface area is 53.3 Å². The number of hydrogen-bond acceptors (Lipinski definition) is 3. The molecule has 0 rings (SSSR count). The fraction of sp³-hybridized carbons (Fsp3) is 0.400. The van der Waals surface area contributed by atoms with E-state index >= 15 is 0 Å². The fourth-order valence-corrected chi connectivity index (χ4v) is 0.625. The number of oxime groups is 1. The third kappa shape index (κ3) is 3.74. The van der Waals surface area contributed by atoms with E-state index in [2.05, 4.69) is 11.7 Å². The molecule has 0 aliphatic carbocycles. The summed E-state index contributed by atoms with van der Waals surface area (Å²) in [5.41, 5.74) is 0. The van der Waals surface area contributed by atoms with Crippen LogP contribution < -0.4 is 0 Å². The first-order valence-corrected chi connectivity index (χ1v) is 3.22. The quantitative estimate of drug-likeness (QED) is 0.203. The van der Waals surface area contributed by atoms with Gasteiger partial charge >= 0.3 is 0 Å². The molecular weight excluding hydrogens is 122 g/mol. The minimum absolute atomic E-state index is 0.671. The van der Waals surface area contributed by atoms with Gasteiger partial charge < -0.3 is 5.21 Å². The Hall–Kier alpha value is -0.440. The van der Waals surface area contributed by atoms with E-state index in [1.54, 1.807) is 13.0 Å². The van der Waals surface area contributed by atoms with Crippen LogP contribution in [0.25, 0.3) is 0 Å². The first kappa shape index (κ1) is 7.56. The lowest BCUT2D eigenvalue weighted by molar-refractivity contribution is 0.320. The Bertz CT molecular complexity index is 101. The molecule has 0 aromatic rings. The molecule has 3 heteroatoms. The number of nitrogens with zero attached hydrogens (tertiary/aromatic N) is 1. The summed E-state index contributed by atoms with van der Waals surface area (Å²) in [5, 5.41) is 11.7. The Morgan fingerprint density at radius 3 is 3.00 bits per heavy atom. The summed E-state index contributed by atoms with van der Waals surface area (Å²) in [6.07, 6.45) is 1.76.